The Morgan fingerprint density at radius 3 is 2.48 bits per heavy atom. The van der Waals surface area contributed by atoms with E-state index in [2.05, 4.69) is 10.3 Å². The van der Waals surface area contributed by atoms with Crippen LogP contribution in [0.4, 0.5) is 19.3 Å². The normalized spacial score (nSPS) is 25.1. The summed E-state index contributed by atoms with van der Waals surface area (Å²) in [5.74, 6) is -3.00. The smallest absolute Gasteiger partial charge is 0.323 e. The van der Waals surface area contributed by atoms with Gasteiger partial charge in [-0.25, -0.2) is 18.5 Å². The molecule has 5 nitrogen and oxygen atoms in total. The van der Waals surface area contributed by atoms with Gasteiger partial charge in [-0.2, -0.15) is 0 Å². The number of nitrogens with zero attached hydrogens (tertiary/aromatic N) is 2. The maximum Gasteiger partial charge on any atom is 0.329 e. The monoisotopic (exact) mass is 343 g/mol. The van der Waals surface area contributed by atoms with Crippen LogP contribution in [0.3, 0.4) is 0 Å². The van der Waals surface area contributed by atoms with Gasteiger partial charge in [0.05, 0.1) is 11.9 Å². The van der Waals surface area contributed by atoms with E-state index in [1.54, 1.807) is 6.20 Å². The second-order valence-electron chi connectivity index (χ2n) is 7.60. The Kier molecular flexibility index (Phi) is 2.56. The van der Waals surface area contributed by atoms with Crippen LogP contribution in [-0.2, 0) is 4.79 Å². The Morgan fingerprint density at radius 1 is 1.04 bits per heavy atom. The zero-order chi connectivity index (χ0) is 17.4. The van der Waals surface area contributed by atoms with Crippen LogP contribution < -0.4 is 10.2 Å². The molecule has 0 unspecified atom stereocenters. The second kappa shape index (κ2) is 4.33. The van der Waals surface area contributed by atoms with E-state index in [-0.39, 0.29) is 31.6 Å². The molecule has 25 heavy (non-hydrogen) atoms. The van der Waals surface area contributed by atoms with Crippen molar-refractivity contribution in [3.05, 3.63) is 36.7 Å². The summed E-state index contributed by atoms with van der Waals surface area (Å²) in [4.78, 5) is 30.7. The van der Waals surface area contributed by atoms with Crippen LogP contribution in [0, 0.1) is 5.41 Å². The third kappa shape index (κ3) is 1.89. The van der Waals surface area contributed by atoms with Crippen LogP contribution >= 0.6 is 0 Å². The number of amides is 3. The van der Waals surface area contributed by atoms with E-state index in [9.17, 15) is 18.4 Å². The van der Waals surface area contributed by atoms with Crippen molar-refractivity contribution in [1.82, 2.24) is 10.3 Å². The summed E-state index contributed by atoms with van der Waals surface area (Å²) in [6.45, 7) is 0. The Bertz CT molecular complexity index is 922. The maximum atomic E-state index is 13.2. The van der Waals surface area contributed by atoms with E-state index >= 15 is 0 Å². The number of alkyl halides is 2. The highest BCUT2D eigenvalue weighted by Gasteiger charge is 2.72. The van der Waals surface area contributed by atoms with Crippen molar-refractivity contribution in [2.75, 3.05) is 4.90 Å². The molecule has 1 saturated heterocycles. The number of halogens is 2. The lowest BCUT2D eigenvalue weighted by atomic mass is 9.47. The van der Waals surface area contributed by atoms with Gasteiger partial charge in [-0.05, 0) is 18.3 Å². The Morgan fingerprint density at radius 2 is 1.76 bits per heavy atom. The number of carbonyl (C=O) groups excluding carboxylic acids is 2. The van der Waals surface area contributed by atoms with E-state index in [4.69, 9.17) is 0 Å². The van der Waals surface area contributed by atoms with Gasteiger partial charge in [0.25, 0.3) is 5.91 Å². The molecule has 2 heterocycles. The molecule has 1 aliphatic heterocycles. The molecule has 1 N–H and O–H groups in total. The molecule has 128 valence electrons. The summed E-state index contributed by atoms with van der Waals surface area (Å²) in [5, 5.41) is 4.32. The summed E-state index contributed by atoms with van der Waals surface area (Å²) in [5.41, 5.74) is -1.11. The quantitative estimate of drug-likeness (QED) is 0.809. The molecule has 2 spiro atoms. The van der Waals surface area contributed by atoms with Crippen molar-refractivity contribution in [3.63, 3.8) is 0 Å². The fourth-order valence-electron chi connectivity index (χ4n) is 4.88. The number of urea groups is 1. The predicted octanol–water partition coefficient (Wildman–Crippen LogP) is 3.24. The van der Waals surface area contributed by atoms with Crippen LogP contribution in [0.5, 0.6) is 0 Å². The first-order valence-electron chi connectivity index (χ1n) is 8.21. The van der Waals surface area contributed by atoms with Gasteiger partial charge in [0, 0.05) is 29.8 Å². The van der Waals surface area contributed by atoms with Crippen molar-refractivity contribution >= 4 is 28.4 Å². The standard InChI is InChI=1S/C18H15F2N3O2/c19-18(20)9-16(10-18)7-17(8-16)14(24)23(15(25)22-17)13-6-21-5-11-3-1-2-4-12(11)13/h1-6H,7-10H2,(H,22,25). The molecule has 1 aromatic carbocycles. The summed E-state index contributed by atoms with van der Waals surface area (Å²) in [6.07, 6.45) is 3.35. The molecule has 1 aromatic heterocycles. The zero-order valence-electron chi connectivity index (χ0n) is 13.3. The minimum Gasteiger partial charge on any atom is -0.323 e. The van der Waals surface area contributed by atoms with Crippen LogP contribution in [0.15, 0.2) is 36.7 Å². The number of rotatable bonds is 1. The van der Waals surface area contributed by atoms with Gasteiger partial charge in [0.15, 0.2) is 0 Å². The average molecular weight is 343 g/mol. The molecule has 0 bridgehead atoms. The molecular formula is C18H15F2N3O2. The number of aromatic nitrogens is 1. The lowest BCUT2D eigenvalue weighted by Crippen LogP contribution is -2.68. The first kappa shape index (κ1) is 14.7. The van der Waals surface area contributed by atoms with Gasteiger partial charge in [-0.1, -0.05) is 24.3 Å². The Balaban J connectivity index is 1.48. The number of anilines is 1. The number of imide groups is 1. The summed E-state index contributed by atoms with van der Waals surface area (Å²) in [7, 11) is 0. The van der Waals surface area contributed by atoms with Gasteiger partial charge >= 0.3 is 6.03 Å². The van der Waals surface area contributed by atoms with E-state index in [1.807, 2.05) is 24.3 Å². The van der Waals surface area contributed by atoms with Gasteiger partial charge in [-0.15, -0.1) is 0 Å². The Hall–Kier alpha value is -2.57. The van der Waals surface area contributed by atoms with Gasteiger partial charge in [-0.3, -0.25) is 9.78 Å². The zero-order valence-corrected chi connectivity index (χ0v) is 13.3. The number of pyridine rings is 1. The number of hydrogen-bond acceptors (Lipinski definition) is 3. The number of carbonyl (C=O) groups is 2. The molecule has 5 rings (SSSR count). The number of fused-ring (bicyclic) bond motifs is 1. The molecule has 0 atom stereocenters. The molecule has 2 aliphatic carbocycles. The first-order valence-corrected chi connectivity index (χ1v) is 8.21. The average Bonchev–Trinajstić information content (AvgIpc) is 2.76. The third-order valence-corrected chi connectivity index (χ3v) is 5.67. The molecule has 3 amide bonds. The van der Waals surface area contributed by atoms with Gasteiger partial charge < -0.3 is 5.32 Å². The van der Waals surface area contributed by atoms with E-state index < -0.39 is 22.9 Å². The fraction of sp³-hybridized carbons (Fsp3) is 0.389. The molecule has 2 saturated carbocycles. The van der Waals surface area contributed by atoms with E-state index in [0.717, 1.165) is 15.7 Å². The minimum atomic E-state index is -2.63. The van der Waals surface area contributed by atoms with Crippen molar-refractivity contribution in [2.45, 2.75) is 37.1 Å². The fourth-order valence-corrected chi connectivity index (χ4v) is 4.88. The molecule has 3 aliphatic rings. The summed E-state index contributed by atoms with van der Waals surface area (Å²) in [6, 6.07) is 6.85. The highest BCUT2D eigenvalue weighted by molar-refractivity contribution is 6.26. The molecule has 7 heteroatoms. The number of benzene rings is 1. The van der Waals surface area contributed by atoms with Crippen molar-refractivity contribution < 1.29 is 18.4 Å². The topological polar surface area (TPSA) is 62.3 Å². The largest absolute Gasteiger partial charge is 0.329 e. The third-order valence-electron chi connectivity index (χ3n) is 5.67. The van der Waals surface area contributed by atoms with Crippen LogP contribution in [0.25, 0.3) is 10.8 Å². The molecule has 0 radical (unpaired) electrons. The summed E-state index contributed by atoms with van der Waals surface area (Å²) < 4.78 is 26.5. The SMILES string of the molecule is O=C1NC2(CC3(CC(F)(F)C3)C2)C(=O)N1c1cncc2ccccc12. The van der Waals surface area contributed by atoms with Gasteiger partial charge in [0.1, 0.15) is 5.54 Å². The van der Waals surface area contributed by atoms with Crippen LogP contribution in [-0.4, -0.2) is 28.4 Å². The van der Waals surface area contributed by atoms with Crippen LogP contribution in [0.2, 0.25) is 0 Å². The first-order chi connectivity index (χ1) is 11.8. The van der Waals surface area contributed by atoms with Crippen LogP contribution in [0.1, 0.15) is 25.7 Å². The highest BCUT2D eigenvalue weighted by Crippen LogP contribution is 2.66. The van der Waals surface area contributed by atoms with Crippen molar-refractivity contribution in [3.8, 4) is 0 Å². The minimum absolute atomic E-state index is 0.194. The van der Waals surface area contributed by atoms with Gasteiger partial charge in [0.2, 0.25) is 5.92 Å². The predicted molar refractivity (Wildman–Crippen MR) is 86.3 cm³/mol. The van der Waals surface area contributed by atoms with Crippen molar-refractivity contribution in [2.24, 2.45) is 5.41 Å². The number of hydrogen-bond donors (Lipinski definition) is 1. The Labute approximate surface area is 142 Å². The summed E-state index contributed by atoms with van der Waals surface area (Å²) >= 11 is 0. The lowest BCUT2D eigenvalue weighted by molar-refractivity contribution is -0.212. The molecule has 3 fully saturated rings. The lowest BCUT2D eigenvalue weighted by Gasteiger charge is -2.60. The van der Waals surface area contributed by atoms with Crippen molar-refractivity contribution in [1.29, 1.82) is 0 Å². The number of nitrogens with one attached hydrogen (secondary N) is 1. The maximum absolute atomic E-state index is 13.2. The molecular weight excluding hydrogens is 328 g/mol. The second-order valence-corrected chi connectivity index (χ2v) is 7.60. The highest BCUT2D eigenvalue weighted by atomic mass is 19.3. The van der Waals surface area contributed by atoms with E-state index in [0.29, 0.717) is 5.69 Å². The molecule has 2 aromatic rings. The van der Waals surface area contributed by atoms with E-state index in [1.165, 1.54) is 6.20 Å².